The van der Waals surface area contributed by atoms with Gasteiger partial charge in [-0.2, -0.15) is 0 Å². The molecule has 0 bridgehead atoms. The van der Waals surface area contributed by atoms with Crippen molar-refractivity contribution in [2.45, 2.75) is 33.2 Å². The standard InChI is InChI=1S/C14H23FN2O2S/c1-10-8-13(9-11(2)14(10)15)12(3)16-6-5-7-17-20(4,18)19/h8-9,12,16-17H,5-7H2,1-4H3/t12-/m1/s1. The summed E-state index contributed by atoms with van der Waals surface area (Å²) in [5.74, 6) is -0.154. The number of aryl methyl sites for hydroxylation is 2. The van der Waals surface area contributed by atoms with Gasteiger partial charge in [0.15, 0.2) is 0 Å². The van der Waals surface area contributed by atoms with Gasteiger partial charge in [0.05, 0.1) is 6.26 Å². The normalized spacial score (nSPS) is 13.4. The molecule has 0 aliphatic rings. The number of sulfonamides is 1. The fourth-order valence-corrected chi connectivity index (χ4v) is 2.53. The Morgan fingerprint density at radius 2 is 1.75 bits per heavy atom. The van der Waals surface area contributed by atoms with Crippen molar-refractivity contribution in [2.24, 2.45) is 0 Å². The van der Waals surface area contributed by atoms with Crippen LogP contribution in [0.3, 0.4) is 0 Å². The van der Waals surface area contributed by atoms with Crippen molar-refractivity contribution in [2.75, 3.05) is 19.3 Å². The maximum atomic E-state index is 13.6. The van der Waals surface area contributed by atoms with E-state index in [2.05, 4.69) is 10.0 Å². The molecule has 0 aromatic heterocycles. The Labute approximate surface area is 120 Å². The highest BCUT2D eigenvalue weighted by molar-refractivity contribution is 7.88. The fraction of sp³-hybridized carbons (Fsp3) is 0.571. The van der Waals surface area contributed by atoms with Crippen molar-refractivity contribution in [1.29, 1.82) is 0 Å². The van der Waals surface area contributed by atoms with Crippen LogP contribution in [0.25, 0.3) is 0 Å². The maximum absolute atomic E-state index is 13.6. The van der Waals surface area contributed by atoms with Crippen molar-refractivity contribution < 1.29 is 12.8 Å². The fourth-order valence-electron chi connectivity index (χ4n) is 2.01. The Morgan fingerprint density at radius 3 is 2.25 bits per heavy atom. The SMILES string of the molecule is Cc1cc([C@@H](C)NCCCNS(C)(=O)=O)cc(C)c1F. The van der Waals surface area contributed by atoms with E-state index >= 15 is 0 Å². The lowest BCUT2D eigenvalue weighted by Crippen LogP contribution is -2.27. The van der Waals surface area contributed by atoms with Crippen LogP contribution in [0.1, 0.15) is 36.1 Å². The van der Waals surface area contributed by atoms with E-state index in [9.17, 15) is 12.8 Å². The molecule has 0 spiro atoms. The molecule has 0 saturated heterocycles. The van der Waals surface area contributed by atoms with E-state index in [0.29, 0.717) is 30.6 Å². The molecule has 0 aliphatic heterocycles. The van der Waals surface area contributed by atoms with Crippen molar-refractivity contribution in [3.05, 3.63) is 34.6 Å². The number of halogens is 1. The van der Waals surface area contributed by atoms with Gasteiger partial charge in [0.1, 0.15) is 5.82 Å². The summed E-state index contributed by atoms with van der Waals surface area (Å²) in [6.07, 6.45) is 1.85. The van der Waals surface area contributed by atoms with Gasteiger partial charge < -0.3 is 5.32 Å². The molecule has 1 rings (SSSR count). The summed E-state index contributed by atoms with van der Waals surface area (Å²) in [7, 11) is -3.11. The summed E-state index contributed by atoms with van der Waals surface area (Å²) in [5.41, 5.74) is 2.33. The van der Waals surface area contributed by atoms with Crippen LogP contribution >= 0.6 is 0 Å². The lowest BCUT2D eigenvalue weighted by Gasteiger charge is -2.16. The van der Waals surface area contributed by atoms with Gasteiger partial charge in [-0.3, -0.25) is 0 Å². The Morgan fingerprint density at radius 1 is 1.20 bits per heavy atom. The summed E-state index contributed by atoms with van der Waals surface area (Å²) in [6.45, 7) is 6.64. The second-order valence-electron chi connectivity index (χ2n) is 5.16. The van der Waals surface area contributed by atoms with Crippen LogP contribution < -0.4 is 10.0 Å². The first-order chi connectivity index (χ1) is 9.20. The topological polar surface area (TPSA) is 58.2 Å². The van der Waals surface area contributed by atoms with E-state index in [0.717, 1.165) is 11.8 Å². The Bertz CT molecular complexity index is 535. The predicted octanol–water partition coefficient (Wildman–Crippen LogP) is 2.03. The molecule has 20 heavy (non-hydrogen) atoms. The zero-order chi connectivity index (χ0) is 15.3. The third kappa shape index (κ3) is 5.56. The lowest BCUT2D eigenvalue weighted by molar-refractivity contribution is 0.545. The smallest absolute Gasteiger partial charge is 0.208 e. The van der Waals surface area contributed by atoms with Crippen LogP contribution in [0.4, 0.5) is 4.39 Å². The van der Waals surface area contributed by atoms with E-state index < -0.39 is 10.0 Å². The van der Waals surface area contributed by atoms with E-state index in [1.54, 1.807) is 13.8 Å². The molecule has 1 aromatic rings. The second-order valence-corrected chi connectivity index (χ2v) is 7.00. The minimum atomic E-state index is -3.11. The second kappa shape index (κ2) is 7.15. The highest BCUT2D eigenvalue weighted by atomic mass is 32.2. The molecule has 6 heteroatoms. The van der Waals surface area contributed by atoms with Crippen LogP contribution in [0, 0.1) is 19.7 Å². The molecule has 1 aromatic carbocycles. The molecular formula is C14H23FN2O2S. The van der Waals surface area contributed by atoms with Gasteiger partial charge in [0, 0.05) is 12.6 Å². The van der Waals surface area contributed by atoms with E-state index in [1.165, 1.54) is 0 Å². The van der Waals surface area contributed by atoms with Crippen LogP contribution in [0.15, 0.2) is 12.1 Å². The molecule has 0 aliphatic carbocycles. The van der Waals surface area contributed by atoms with E-state index in [1.807, 2.05) is 19.1 Å². The Kier molecular flexibility index (Phi) is 6.10. The van der Waals surface area contributed by atoms with Crippen LogP contribution in [-0.4, -0.2) is 27.8 Å². The summed E-state index contributed by atoms with van der Waals surface area (Å²) in [6, 6.07) is 3.79. The molecule has 0 fully saturated rings. The number of rotatable bonds is 7. The van der Waals surface area contributed by atoms with Crippen molar-refractivity contribution >= 4 is 10.0 Å². The highest BCUT2D eigenvalue weighted by Gasteiger charge is 2.09. The molecule has 0 radical (unpaired) electrons. The lowest BCUT2D eigenvalue weighted by atomic mass is 10.0. The minimum absolute atomic E-state index is 0.103. The molecule has 1 atom stereocenters. The number of hydrogen-bond acceptors (Lipinski definition) is 3. The molecule has 0 amide bonds. The van der Waals surface area contributed by atoms with Gasteiger partial charge in [-0.1, -0.05) is 12.1 Å². The zero-order valence-corrected chi connectivity index (χ0v) is 13.3. The zero-order valence-electron chi connectivity index (χ0n) is 12.5. The quantitative estimate of drug-likeness (QED) is 0.758. The Hall–Kier alpha value is -0.980. The number of benzene rings is 1. The molecule has 0 saturated carbocycles. The third-order valence-corrected chi connectivity index (χ3v) is 3.86. The largest absolute Gasteiger partial charge is 0.310 e. The summed E-state index contributed by atoms with van der Waals surface area (Å²) < 4.78 is 37.8. The molecule has 2 N–H and O–H groups in total. The number of hydrogen-bond donors (Lipinski definition) is 2. The first kappa shape index (κ1) is 17.1. The minimum Gasteiger partial charge on any atom is -0.310 e. The number of nitrogens with one attached hydrogen (secondary N) is 2. The average molecular weight is 302 g/mol. The first-order valence-electron chi connectivity index (χ1n) is 6.65. The molecule has 4 nitrogen and oxygen atoms in total. The monoisotopic (exact) mass is 302 g/mol. The van der Waals surface area contributed by atoms with Crippen molar-refractivity contribution in [3.63, 3.8) is 0 Å². The van der Waals surface area contributed by atoms with Crippen molar-refractivity contribution in [3.8, 4) is 0 Å². The molecule has 0 unspecified atom stereocenters. The van der Waals surface area contributed by atoms with Gasteiger partial charge in [-0.05, 0) is 50.4 Å². The summed E-state index contributed by atoms with van der Waals surface area (Å²) in [5, 5.41) is 3.30. The summed E-state index contributed by atoms with van der Waals surface area (Å²) in [4.78, 5) is 0. The van der Waals surface area contributed by atoms with Crippen LogP contribution in [0.5, 0.6) is 0 Å². The first-order valence-corrected chi connectivity index (χ1v) is 8.54. The van der Waals surface area contributed by atoms with Crippen LogP contribution in [0.2, 0.25) is 0 Å². The van der Waals surface area contributed by atoms with Gasteiger partial charge in [-0.15, -0.1) is 0 Å². The van der Waals surface area contributed by atoms with Crippen molar-refractivity contribution in [1.82, 2.24) is 10.0 Å². The molecule has 0 heterocycles. The summed E-state index contributed by atoms with van der Waals surface area (Å²) >= 11 is 0. The van der Waals surface area contributed by atoms with Crippen LogP contribution in [-0.2, 0) is 10.0 Å². The predicted molar refractivity (Wildman–Crippen MR) is 79.8 cm³/mol. The Balaban J connectivity index is 2.45. The highest BCUT2D eigenvalue weighted by Crippen LogP contribution is 2.19. The third-order valence-electron chi connectivity index (χ3n) is 3.13. The average Bonchev–Trinajstić information content (AvgIpc) is 2.33. The van der Waals surface area contributed by atoms with E-state index in [4.69, 9.17) is 0 Å². The van der Waals surface area contributed by atoms with Gasteiger partial charge in [0.2, 0.25) is 10.0 Å². The van der Waals surface area contributed by atoms with Gasteiger partial charge >= 0.3 is 0 Å². The van der Waals surface area contributed by atoms with E-state index in [-0.39, 0.29) is 11.9 Å². The van der Waals surface area contributed by atoms with Gasteiger partial charge in [0.25, 0.3) is 0 Å². The molecular weight excluding hydrogens is 279 g/mol. The maximum Gasteiger partial charge on any atom is 0.208 e. The van der Waals surface area contributed by atoms with Gasteiger partial charge in [-0.25, -0.2) is 17.5 Å². The molecule has 114 valence electrons.